The highest BCUT2D eigenvalue weighted by Crippen LogP contribution is 2.33. The molecule has 1 aromatic heterocycles. The Balaban J connectivity index is 2.58. The van der Waals surface area contributed by atoms with Crippen molar-refractivity contribution in [3.63, 3.8) is 0 Å². The maximum absolute atomic E-state index is 5.68. The van der Waals surface area contributed by atoms with E-state index in [1.54, 1.807) is 7.11 Å². The number of benzene rings is 1. The Kier molecular flexibility index (Phi) is 2.92. The van der Waals surface area contributed by atoms with Gasteiger partial charge in [0.05, 0.1) is 18.4 Å². The van der Waals surface area contributed by atoms with Gasteiger partial charge in [0.2, 0.25) is 0 Å². The minimum absolute atomic E-state index is 0.405. The van der Waals surface area contributed by atoms with E-state index in [0.29, 0.717) is 12.3 Å². The van der Waals surface area contributed by atoms with E-state index < -0.39 is 0 Å². The molecule has 4 nitrogen and oxygen atoms in total. The number of ether oxygens (including phenoxy) is 1. The van der Waals surface area contributed by atoms with Crippen molar-refractivity contribution in [3.05, 3.63) is 35.5 Å². The van der Waals surface area contributed by atoms with Crippen molar-refractivity contribution in [1.29, 1.82) is 0 Å². The summed E-state index contributed by atoms with van der Waals surface area (Å²) in [7, 11) is 1.63. The molecule has 16 heavy (non-hydrogen) atoms. The Morgan fingerprint density at radius 1 is 1.38 bits per heavy atom. The summed E-state index contributed by atoms with van der Waals surface area (Å²) in [6.07, 6.45) is 0. The molecule has 0 aliphatic rings. The molecule has 0 saturated heterocycles. The van der Waals surface area contributed by atoms with Crippen molar-refractivity contribution in [1.82, 2.24) is 5.16 Å². The first-order valence-electron chi connectivity index (χ1n) is 5.06. The van der Waals surface area contributed by atoms with Gasteiger partial charge in [-0.2, -0.15) is 0 Å². The third-order valence-corrected chi connectivity index (χ3v) is 2.54. The zero-order valence-electron chi connectivity index (χ0n) is 9.36. The molecule has 1 heterocycles. The van der Waals surface area contributed by atoms with Gasteiger partial charge in [0.25, 0.3) is 0 Å². The first kappa shape index (κ1) is 10.7. The van der Waals surface area contributed by atoms with Crippen LogP contribution in [0.5, 0.6) is 5.75 Å². The number of nitrogens with two attached hydrogens (primary N) is 1. The normalized spacial score (nSPS) is 10.4. The molecule has 2 aromatic rings. The first-order chi connectivity index (χ1) is 7.77. The molecule has 2 rings (SSSR count). The van der Waals surface area contributed by atoms with Gasteiger partial charge < -0.3 is 15.0 Å². The van der Waals surface area contributed by atoms with Crippen LogP contribution in [0.25, 0.3) is 11.3 Å². The van der Waals surface area contributed by atoms with Crippen LogP contribution in [0.3, 0.4) is 0 Å². The second-order valence-electron chi connectivity index (χ2n) is 3.48. The van der Waals surface area contributed by atoms with E-state index in [2.05, 4.69) is 5.16 Å². The van der Waals surface area contributed by atoms with Crippen LogP contribution in [-0.4, -0.2) is 12.3 Å². The zero-order valence-corrected chi connectivity index (χ0v) is 9.36. The van der Waals surface area contributed by atoms with Crippen LogP contribution in [0.2, 0.25) is 0 Å². The van der Waals surface area contributed by atoms with Crippen molar-refractivity contribution in [3.8, 4) is 17.1 Å². The van der Waals surface area contributed by atoms with Crippen LogP contribution < -0.4 is 10.5 Å². The van der Waals surface area contributed by atoms with Crippen LogP contribution in [-0.2, 0) is 6.54 Å². The van der Waals surface area contributed by atoms with Gasteiger partial charge in [-0.05, 0) is 19.1 Å². The molecule has 0 atom stereocenters. The lowest BCUT2D eigenvalue weighted by Crippen LogP contribution is -1.99. The van der Waals surface area contributed by atoms with Gasteiger partial charge in [0.15, 0.2) is 5.76 Å². The summed E-state index contributed by atoms with van der Waals surface area (Å²) in [5.41, 5.74) is 8.31. The van der Waals surface area contributed by atoms with Gasteiger partial charge in [-0.3, -0.25) is 0 Å². The Hall–Kier alpha value is -1.81. The Bertz CT molecular complexity index is 492. The number of nitrogens with zero attached hydrogens (tertiary/aromatic N) is 1. The van der Waals surface area contributed by atoms with Crippen molar-refractivity contribution in [2.45, 2.75) is 13.5 Å². The Morgan fingerprint density at radius 2 is 2.12 bits per heavy atom. The Morgan fingerprint density at radius 3 is 2.81 bits per heavy atom. The van der Waals surface area contributed by atoms with Gasteiger partial charge >= 0.3 is 0 Å². The van der Waals surface area contributed by atoms with Gasteiger partial charge in [0.1, 0.15) is 5.75 Å². The molecule has 84 valence electrons. The monoisotopic (exact) mass is 218 g/mol. The fraction of sp³-hybridized carbons (Fsp3) is 0.250. The molecular weight excluding hydrogens is 204 g/mol. The molecule has 0 fully saturated rings. The molecule has 0 aliphatic heterocycles. The summed E-state index contributed by atoms with van der Waals surface area (Å²) in [6.45, 7) is 2.29. The molecule has 0 unspecified atom stereocenters. The molecule has 0 aliphatic carbocycles. The maximum atomic E-state index is 5.68. The van der Waals surface area contributed by atoms with Crippen LogP contribution in [0.1, 0.15) is 11.3 Å². The van der Waals surface area contributed by atoms with Gasteiger partial charge in [0, 0.05) is 12.1 Å². The lowest BCUT2D eigenvalue weighted by Gasteiger charge is -2.06. The lowest BCUT2D eigenvalue weighted by molar-refractivity contribution is 0.404. The molecule has 0 saturated carbocycles. The molecule has 0 spiro atoms. The predicted octanol–water partition coefficient (Wildman–Crippen LogP) is 2.12. The predicted molar refractivity (Wildman–Crippen MR) is 61.1 cm³/mol. The van der Waals surface area contributed by atoms with E-state index in [9.17, 15) is 0 Å². The topological polar surface area (TPSA) is 61.3 Å². The third-order valence-electron chi connectivity index (χ3n) is 2.54. The third kappa shape index (κ3) is 1.67. The fourth-order valence-corrected chi connectivity index (χ4v) is 1.67. The highest BCUT2D eigenvalue weighted by atomic mass is 16.5. The van der Waals surface area contributed by atoms with E-state index in [-0.39, 0.29) is 0 Å². The average Bonchev–Trinajstić information content (AvgIpc) is 2.70. The van der Waals surface area contributed by atoms with Crippen LogP contribution in [0.15, 0.2) is 28.8 Å². The molecule has 0 bridgehead atoms. The van der Waals surface area contributed by atoms with Crippen molar-refractivity contribution in [2.24, 2.45) is 5.73 Å². The number of hydrogen-bond acceptors (Lipinski definition) is 4. The minimum atomic E-state index is 0.405. The number of aromatic nitrogens is 1. The number of rotatable bonds is 3. The van der Waals surface area contributed by atoms with E-state index in [1.165, 1.54) is 0 Å². The van der Waals surface area contributed by atoms with Crippen LogP contribution >= 0.6 is 0 Å². The summed E-state index contributed by atoms with van der Waals surface area (Å²) in [5.74, 6) is 1.45. The maximum Gasteiger partial charge on any atom is 0.175 e. The van der Waals surface area contributed by atoms with Crippen molar-refractivity contribution in [2.75, 3.05) is 7.11 Å². The smallest absolute Gasteiger partial charge is 0.175 e. The lowest BCUT2D eigenvalue weighted by atomic mass is 10.1. The minimum Gasteiger partial charge on any atom is -0.496 e. The standard InChI is InChI=1S/C12H14N2O2/c1-8-10(7-13)12(16-14-8)9-5-3-4-6-11(9)15-2/h3-6H,7,13H2,1-2H3. The Labute approximate surface area is 94.0 Å². The highest BCUT2D eigenvalue weighted by molar-refractivity contribution is 5.68. The second kappa shape index (κ2) is 4.37. The van der Waals surface area contributed by atoms with E-state index in [1.807, 2.05) is 31.2 Å². The molecule has 0 amide bonds. The molecule has 1 aromatic carbocycles. The zero-order chi connectivity index (χ0) is 11.5. The quantitative estimate of drug-likeness (QED) is 0.857. The van der Waals surface area contributed by atoms with Crippen LogP contribution in [0, 0.1) is 6.92 Å². The van der Waals surface area contributed by atoms with Gasteiger partial charge in [-0.25, -0.2) is 0 Å². The largest absolute Gasteiger partial charge is 0.496 e. The SMILES string of the molecule is COc1ccccc1-c1onc(C)c1CN. The van der Waals surface area contributed by atoms with Crippen LogP contribution in [0.4, 0.5) is 0 Å². The number of para-hydroxylation sites is 1. The fourth-order valence-electron chi connectivity index (χ4n) is 1.67. The number of methoxy groups -OCH3 is 1. The van der Waals surface area contributed by atoms with E-state index in [4.69, 9.17) is 15.0 Å². The van der Waals surface area contributed by atoms with E-state index >= 15 is 0 Å². The first-order valence-corrected chi connectivity index (χ1v) is 5.06. The average molecular weight is 218 g/mol. The molecule has 0 radical (unpaired) electrons. The summed E-state index contributed by atoms with van der Waals surface area (Å²) >= 11 is 0. The summed E-state index contributed by atoms with van der Waals surface area (Å²) in [4.78, 5) is 0. The highest BCUT2D eigenvalue weighted by Gasteiger charge is 2.16. The summed E-state index contributed by atoms with van der Waals surface area (Å²) < 4.78 is 10.6. The number of aryl methyl sites for hydroxylation is 1. The van der Waals surface area contributed by atoms with Gasteiger partial charge in [-0.1, -0.05) is 17.3 Å². The van der Waals surface area contributed by atoms with Gasteiger partial charge in [-0.15, -0.1) is 0 Å². The molecular formula is C12H14N2O2. The second-order valence-corrected chi connectivity index (χ2v) is 3.48. The molecule has 4 heteroatoms. The molecule has 2 N–H and O–H groups in total. The van der Waals surface area contributed by atoms with Crippen molar-refractivity contribution >= 4 is 0 Å². The van der Waals surface area contributed by atoms with Crippen molar-refractivity contribution < 1.29 is 9.26 Å². The van der Waals surface area contributed by atoms with E-state index in [0.717, 1.165) is 22.6 Å². The summed E-state index contributed by atoms with van der Waals surface area (Å²) in [5, 5.41) is 3.93. The summed E-state index contributed by atoms with van der Waals surface area (Å²) in [6, 6.07) is 7.65. The number of hydrogen-bond donors (Lipinski definition) is 1.